The van der Waals surface area contributed by atoms with Crippen LogP contribution in [0, 0.1) is 12.3 Å². The summed E-state index contributed by atoms with van der Waals surface area (Å²) in [5, 5.41) is 4.25. The molecular weight excluding hydrogens is 246 g/mol. The Bertz CT molecular complexity index is 634. The standard InChI is InChI=1S/C13H17N3OS/c1-10-7-11-12(17)15(5-6-16(11)14-10)8-13(9-18)3-2-4-13/h5-7,18H,2-4,8-9H2,1H3. The first kappa shape index (κ1) is 11.8. The lowest BCUT2D eigenvalue weighted by Crippen LogP contribution is -2.39. The van der Waals surface area contributed by atoms with Gasteiger partial charge in [0.15, 0.2) is 0 Å². The lowest BCUT2D eigenvalue weighted by molar-refractivity contribution is 0.137. The van der Waals surface area contributed by atoms with Crippen molar-refractivity contribution in [2.24, 2.45) is 5.41 Å². The monoisotopic (exact) mass is 263 g/mol. The van der Waals surface area contributed by atoms with Gasteiger partial charge in [0.05, 0.1) is 5.69 Å². The second-order valence-corrected chi connectivity index (χ2v) is 5.67. The molecule has 96 valence electrons. The highest BCUT2D eigenvalue weighted by atomic mass is 32.1. The minimum atomic E-state index is 0.0474. The molecule has 1 aliphatic carbocycles. The van der Waals surface area contributed by atoms with Crippen LogP contribution in [0.3, 0.4) is 0 Å². The minimum absolute atomic E-state index is 0.0474. The predicted molar refractivity (Wildman–Crippen MR) is 74.3 cm³/mol. The summed E-state index contributed by atoms with van der Waals surface area (Å²) in [6, 6.07) is 1.84. The third kappa shape index (κ3) is 1.77. The zero-order chi connectivity index (χ0) is 12.8. The Morgan fingerprint density at radius 3 is 2.83 bits per heavy atom. The molecule has 5 heteroatoms. The second kappa shape index (κ2) is 4.16. The molecule has 2 aromatic heterocycles. The molecule has 3 rings (SSSR count). The Hall–Kier alpha value is -1.23. The number of hydrogen-bond donors (Lipinski definition) is 1. The molecule has 18 heavy (non-hydrogen) atoms. The van der Waals surface area contributed by atoms with Gasteiger partial charge >= 0.3 is 0 Å². The maximum Gasteiger partial charge on any atom is 0.276 e. The second-order valence-electron chi connectivity index (χ2n) is 5.36. The van der Waals surface area contributed by atoms with Gasteiger partial charge in [0, 0.05) is 18.9 Å². The van der Waals surface area contributed by atoms with Crippen LogP contribution in [-0.2, 0) is 6.54 Å². The van der Waals surface area contributed by atoms with Gasteiger partial charge in [-0.3, -0.25) is 4.79 Å². The van der Waals surface area contributed by atoms with Gasteiger partial charge < -0.3 is 4.57 Å². The predicted octanol–water partition coefficient (Wildman–Crippen LogP) is 1.90. The number of aryl methyl sites for hydroxylation is 1. The highest BCUT2D eigenvalue weighted by Gasteiger charge is 2.36. The Balaban J connectivity index is 2.02. The van der Waals surface area contributed by atoms with E-state index in [0.29, 0.717) is 5.52 Å². The minimum Gasteiger partial charge on any atom is -0.312 e. The summed E-state index contributed by atoms with van der Waals surface area (Å²) in [6.07, 6.45) is 7.29. The van der Waals surface area contributed by atoms with E-state index in [1.54, 1.807) is 4.52 Å². The third-order valence-electron chi connectivity index (χ3n) is 3.98. The lowest BCUT2D eigenvalue weighted by atomic mass is 9.70. The Morgan fingerprint density at radius 2 is 2.22 bits per heavy atom. The maximum atomic E-state index is 12.4. The topological polar surface area (TPSA) is 39.3 Å². The summed E-state index contributed by atoms with van der Waals surface area (Å²) < 4.78 is 3.47. The van der Waals surface area contributed by atoms with E-state index in [4.69, 9.17) is 0 Å². The molecule has 0 unspecified atom stereocenters. The van der Waals surface area contributed by atoms with Gasteiger partial charge in [-0.15, -0.1) is 0 Å². The van der Waals surface area contributed by atoms with Gasteiger partial charge in [-0.25, -0.2) is 4.52 Å². The van der Waals surface area contributed by atoms with E-state index < -0.39 is 0 Å². The number of hydrogen-bond acceptors (Lipinski definition) is 3. The SMILES string of the molecule is Cc1cc2c(=O)n(CC3(CS)CCC3)ccn2n1. The first-order valence-electron chi connectivity index (χ1n) is 6.30. The van der Waals surface area contributed by atoms with Gasteiger partial charge in [-0.05, 0) is 37.0 Å². The maximum absolute atomic E-state index is 12.4. The average molecular weight is 263 g/mol. The molecule has 0 spiro atoms. The number of fused-ring (bicyclic) bond motifs is 1. The molecule has 0 radical (unpaired) electrons. The average Bonchev–Trinajstić information content (AvgIpc) is 2.68. The number of nitrogens with zero attached hydrogens (tertiary/aromatic N) is 3. The van der Waals surface area contributed by atoms with E-state index in [-0.39, 0.29) is 11.0 Å². The van der Waals surface area contributed by atoms with Crippen LogP contribution in [0.4, 0.5) is 0 Å². The molecule has 0 atom stereocenters. The lowest BCUT2D eigenvalue weighted by Gasteiger charge is -2.41. The van der Waals surface area contributed by atoms with Crippen molar-refractivity contribution in [3.8, 4) is 0 Å². The van der Waals surface area contributed by atoms with Crippen LogP contribution in [0.5, 0.6) is 0 Å². The van der Waals surface area contributed by atoms with E-state index in [1.165, 1.54) is 19.3 Å². The summed E-state index contributed by atoms with van der Waals surface area (Å²) >= 11 is 4.44. The summed E-state index contributed by atoms with van der Waals surface area (Å²) in [6.45, 7) is 2.67. The fraction of sp³-hybridized carbons (Fsp3) is 0.538. The van der Waals surface area contributed by atoms with E-state index in [2.05, 4.69) is 17.7 Å². The van der Waals surface area contributed by atoms with Gasteiger partial charge in [0.25, 0.3) is 5.56 Å². The van der Waals surface area contributed by atoms with Gasteiger partial charge in [0.1, 0.15) is 5.52 Å². The molecular formula is C13H17N3OS. The normalized spacial score (nSPS) is 17.9. The first-order valence-corrected chi connectivity index (χ1v) is 6.93. The molecule has 0 N–H and O–H groups in total. The molecule has 2 heterocycles. The Kier molecular flexibility index (Phi) is 2.73. The molecule has 1 fully saturated rings. The molecule has 0 saturated heterocycles. The van der Waals surface area contributed by atoms with Crippen LogP contribution in [-0.4, -0.2) is 19.9 Å². The van der Waals surface area contributed by atoms with Crippen LogP contribution in [0.1, 0.15) is 25.0 Å². The van der Waals surface area contributed by atoms with Crippen molar-refractivity contribution in [1.82, 2.24) is 14.2 Å². The number of rotatable bonds is 3. The van der Waals surface area contributed by atoms with E-state index in [0.717, 1.165) is 18.0 Å². The van der Waals surface area contributed by atoms with Crippen molar-refractivity contribution in [2.45, 2.75) is 32.7 Å². The van der Waals surface area contributed by atoms with Crippen molar-refractivity contribution in [3.05, 3.63) is 34.5 Å². The molecule has 2 aromatic rings. The van der Waals surface area contributed by atoms with Gasteiger partial charge in [-0.1, -0.05) is 6.42 Å². The Morgan fingerprint density at radius 1 is 1.44 bits per heavy atom. The van der Waals surface area contributed by atoms with Crippen molar-refractivity contribution in [2.75, 3.05) is 5.75 Å². The summed E-state index contributed by atoms with van der Waals surface area (Å²) in [7, 11) is 0. The van der Waals surface area contributed by atoms with Gasteiger partial charge in [-0.2, -0.15) is 17.7 Å². The molecule has 0 bridgehead atoms. The molecule has 0 aliphatic heterocycles. The largest absolute Gasteiger partial charge is 0.312 e. The van der Waals surface area contributed by atoms with Crippen molar-refractivity contribution < 1.29 is 0 Å². The van der Waals surface area contributed by atoms with Crippen LogP contribution in [0.15, 0.2) is 23.3 Å². The molecule has 1 saturated carbocycles. The zero-order valence-corrected chi connectivity index (χ0v) is 11.4. The van der Waals surface area contributed by atoms with E-state index in [1.807, 2.05) is 30.0 Å². The van der Waals surface area contributed by atoms with Gasteiger partial charge in [0.2, 0.25) is 0 Å². The van der Waals surface area contributed by atoms with Crippen LogP contribution in [0.25, 0.3) is 5.52 Å². The first-order chi connectivity index (χ1) is 8.63. The van der Waals surface area contributed by atoms with Crippen LogP contribution < -0.4 is 5.56 Å². The van der Waals surface area contributed by atoms with Crippen LogP contribution in [0.2, 0.25) is 0 Å². The number of aromatic nitrogens is 3. The fourth-order valence-electron chi connectivity index (χ4n) is 2.68. The van der Waals surface area contributed by atoms with Crippen molar-refractivity contribution in [3.63, 3.8) is 0 Å². The van der Waals surface area contributed by atoms with Crippen molar-refractivity contribution in [1.29, 1.82) is 0 Å². The fourth-order valence-corrected chi connectivity index (χ4v) is 3.09. The van der Waals surface area contributed by atoms with E-state index in [9.17, 15) is 4.79 Å². The number of thiol groups is 1. The van der Waals surface area contributed by atoms with E-state index >= 15 is 0 Å². The molecule has 1 aliphatic rings. The zero-order valence-electron chi connectivity index (χ0n) is 10.5. The molecule has 0 aromatic carbocycles. The smallest absolute Gasteiger partial charge is 0.276 e. The highest BCUT2D eigenvalue weighted by molar-refractivity contribution is 7.80. The van der Waals surface area contributed by atoms with Crippen LogP contribution >= 0.6 is 12.6 Å². The summed E-state index contributed by atoms with van der Waals surface area (Å²) in [5.74, 6) is 0.850. The third-order valence-corrected chi connectivity index (χ3v) is 4.65. The summed E-state index contributed by atoms with van der Waals surface area (Å²) in [5.41, 5.74) is 1.80. The molecule has 4 nitrogen and oxygen atoms in total. The summed E-state index contributed by atoms with van der Waals surface area (Å²) in [4.78, 5) is 12.4. The molecule has 0 amide bonds. The highest BCUT2D eigenvalue weighted by Crippen LogP contribution is 2.42. The quantitative estimate of drug-likeness (QED) is 0.859. The Labute approximate surface area is 111 Å². The van der Waals surface area contributed by atoms with Crippen molar-refractivity contribution >= 4 is 18.1 Å².